The molecule has 0 aliphatic heterocycles. The summed E-state index contributed by atoms with van der Waals surface area (Å²) in [5.74, 6) is -1.24. The quantitative estimate of drug-likeness (QED) is 0.854. The van der Waals surface area contributed by atoms with E-state index in [4.69, 9.17) is 0 Å². The molecule has 0 aliphatic carbocycles. The molecule has 0 bridgehead atoms. The molecule has 1 aromatic heterocycles. The summed E-state index contributed by atoms with van der Waals surface area (Å²) >= 11 is 1.15. The van der Waals surface area contributed by atoms with Gasteiger partial charge in [0.2, 0.25) is 0 Å². The van der Waals surface area contributed by atoms with Gasteiger partial charge in [-0.25, -0.2) is 8.42 Å². The van der Waals surface area contributed by atoms with E-state index in [-0.39, 0.29) is 4.21 Å². The second-order valence-electron chi connectivity index (χ2n) is 4.38. The number of hydrogen-bond donors (Lipinski definition) is 2. The van der Waals surface area contributed by atoms with Gasteiger partial charge in [-0.3, -0.25) is 4.79 Å². The molecule has 0 amide bonds. The van der Waals surface area contributed by atoms with Crippen molar-refractivity contribution in [1.82, 2.24) is 4.72 Å². The standard InChI is InChI=1S/C14H15NO4S2/c1-2-11-8-9-12(20-11)21(18,19)15-13(14(16)17)10-6-4-3-5-7-10/h3-9,13,15H,2H2,1H3,(H,16,17)/t13-/m1/s1. The lowest BCUT2D eigenvalue weighted by Gasteiger charge is -2.14. The third kappa shape index (κ3) is 3.69. The Morgan fingerprint density at radius 1 is 1.24 bits per heavy atom. The van der Waals surface area contributed by atoms with Gasteiger partial charge in [0, 0.05) is 4.88 Å². The fourth-order valence-corrected chi connectivity index (χ4v) is 4.30. The third-order valence-electron chi connectivity index (χ3n) is 2.90. The molecule has 1 aromatic carbocycles. The Bertz CT molecular complexity index is 722. The Morgan fingerprint density at radius 2 is 1.90 bits per heavy atom. The number of carboxylic acids is 1. The number of nitrogens with one attached hydrogen (secondary N) is 1. The number of thiophene rings is 1. The molecule has 1 atom stereocenters. The predicted molar refractivity (Wildman–Crippen MR) is 80.8 cm³/mol. The summed E-state index contributed by atoms with van der Waals surface area (Å²) in [7, 11) is -3.85. The molecule has 2 aromatic rings. The van der Waals surface area contributed by atoms with E-state index < -0.39 is 22.0 Å². The summed E-state index contributed by atoms with van der Waals surface area (Å²) in [6, 6.07) is 10.2. The van der Waals surface area contributed by atoms with Crippen LogP contribution < -0.4 is 4.72 Å². The SMILES string of the molecule is CCc1ccc(S(=O)(=O)N[C@@H](C(=O)O)c2ccccc2)s1. The summed E-state index contributed by atoms with van der Waals surface area (Å²) in [6.07, 6.45) is 0.737. The number of carbonyl (C=O) groups is 1. The number of sulfonamides is 1. The monoisotopic (exact) mass is 325 g/mol. The Morgan fingerprint density at radius 3 is 2.43 bits per heavy atom. The predicted octanol–water partition coefficient (Wildman–Crippen LogP) is 2.41. The van der Waals surface area contributed by atoms with Gasteiger partial charge in [0.15, 0.2) is 0 Å². The molecule has 2 rings (SSSR count). The van der Waals surface area contributed by atoms with E-state index >= 15 is 0 Å². The van der Waals surface area contributed by atoms with Crippen LogP contribution in [-0.2, 0) is 21.2 Å². The number of carboxylic acid groups (broad SMARTS) is 1. The van der Waals surface area contributed by atoms with Crippen LogP contribution in [0.15, 0.2) is 46.7 Å². The lowest BCUT2D eigenvalue weighted by molar-refractivity contribution is -0.139. The van der Waals surface area contributed by atoms with Crippen molar-refractivity contribution in [2.45, 2.75) is 23.6 Å². The van der Waals surface area contributed by atoms with E-state index in [9.17, 15) is 18.3 Å². The van der Waals surface area contributed by atoms with Crippen LogP contribution in [0.2, 0.25) is 0 Å². The van der Waals surface area contributed by atoms with E-state index in [1.165, 1.54) is 6.07 Å². The van der Waals surface area contributed by atoms with E-state index in [0.717, 1.165) is 22.6 Å². The maximum Gasteiger partial charge on any atom is 0.326 e. The number of hydrogen-bond acceptors (Lipinski definition) is 4. The van der Waals surface area contributed by atoms with Crippen LogP contribution in [0, 0.1) is 0 Å². The highest BCUT2D eigenvalue weighted by atomic mass is 32.2. The summed E-state index contributed by atoms with van der Waals surface area (Å²) in [6.45, 7) is 1.93. The topological polar surface area (TPSA) is 83.5 Å². The number of benzene rings is 1. The normalized spacial score (nSPS) is 13.0. The smallest absolute Gasteiger partial charge is 0.326 e. The first-order valence-electron chi connectivity index (χ1n) is 6.33. The maximum absolute atomic E-state index is 12.3. The minimum Gasteiger partial charge on any atom is -0.480 e. The average molecular weight is 325 g/mol. The Kier molecular flexibility index (Phi) is 4.76. The van der Waals surface area contributed by atoms with Crippen LogP contribution in [0.3, 0.4) is 0 Å². The minimum atomic E-state index is -3.85. The number of aryl methyl sites for hydroxylation is 1. The highest BCUT2D eigenvalue weighted by Crippen LogP contribution is 2.24. The first-order chi connectivity index (χ1) is 9.94. The average Bonchev–Trinajstić information content (AvgIpc) is 2.95. The van der Waals surface area contributed by atoms with Crippen molar-refractivity contribution < 1.29 is 18.3 Å². The molecule has 21 heavy (non-hydrogen) atoms. The van der Waals surface area contributed by atoms with Crippen LogP contribution in [0.1, 0.15) is 23.4 Å². The van der Waals surface area contributed by atoms with Crippen molar-refractivity contribution >= 4 is 27.3 Å². The van der Waals surface area contributed by atoms with Gasteiger partial charge in [-0.15, -0.1) is 11.3 Å². The highest BCUT2D eigenvalue weighted by Gasteiger charge is 2.27. The molecule has 0 radical (unpaired) electrons. The second-order valence-corrected chi connectivity index (χ2v) is 7.49. The lowest BCUT2D eigenvalue weighted by atomic mass is 10.1. The number of aliphatic carboxylic acids is 1. The largest absolute Gasteiger partial charge is 0.480 e. The van der Waals surface area contributed by atoms with Crippen molar-refractivity contribution in [2.24, 2.45) is 0 Å². The van der Waals surface area contributed by atoms with Gasteiger partial charge >= 0.3 is 5.97 Å². The molecule has 5 nitrogen and oxygen atoms in total. The van der Waals surface area contributed by atoms with Crippen molar-refractivity contribution in [2.75, 3.05) is 0 Å². The molecule has 1 heterocycles. The molecule has 0 saturated carbocycles. The number of rotatable bonds is 6. The van der Waals surface area contributed by atoms with Crippen molar-refractivity contribution in [3.63, 3.8) is 0 Å². The second kappa shape index (κ2) is 6.38. The van der Waals surface area contributed by atoms with Crippen LogP contribution >= 0.6 is 11.3 Å². The molecule has 0 fully saturated rings. The summed E-state index contributed by atoms with van der Waals surface area (Å²) in [4.78, 5) is 12.3. The van der Waals surface area contributed by atoms with Crippen molar-refractivity contribution in [1.29, 1.82) is 0 Å². The maximum atomic E-state index is 12.3. The van der Waals surface area contributed by atoms with Gasteiger partial charge in [0.05, 0.1) is 0 Å². The summed E-state index contributed by atoms with van der Waals surface area (Å²) in [5, 5.41) is 9.26. The van der Waals surface area contributed by atoms with E-state index in [0.29, 0.717) is 5.56 Å². The molecule has 0 aliphatic rings. The Labute approximate surface area is 127 Å². The van der Waals surface area contributed by atoms with Crippen LogP contribution in [0.4, 0.5) is 0 Å². The minimum absolute atomic E-state index is 0.126. The zero-order valence-corrected chi connectivity index (χ0v) is 12.9. The van der Waals surface area contributed by atoms with Crippen LogP contribution in [-0.4, -0.2) is 19.5 Å². The third-order valence-corrected chi connectivity index (χ3v) is 6.05. The first-order valence-corrected chi connectivity index (χ1v) is 8.63. The van der Waals surface area contributed by atoms with Gasteiger partial charge in [-0.1, -0.05) is 37.3 Å². The van der Waals surface area contributed by atoms with E-state index in [1.54, 1.807) is 36.4 Å². The zero-order valence-electron chi connectivity index (χ0n) is 11.3. The fourth-order valence-electron chi connectivity index (χ4n) is 1.81. The Hall–Kier alpha value is -1.70. The summed E-state index contributed by atoms with van der Waals surface area (Å²) in [5.41, 5.74) is 0.390. The Balaban J connectivity index is 2.30. The van der Waals surface area contributed by atoms with Gasteiger partial charge < -0.3 is 5.11 Å². The molecule has 112 valence electrons. The molecule has 7 heteroatoms. The molecular formula is C14H15NO4S2. The van der Waals surface area contributed by atoms with E-state index in [2.05, 4.69) is 4.72 Å². The van der Waals surface area contributed by atoms with Gasteiger partial charge in [-0.2, -0.15) is 4.72 Å². The summed E-state index contributed by atoms with van der Waals surface area (Å²) < 4.78 is 26.9. The van der Waals surface area contributed by atoms with Crippen molar-refractivity contribution in [3.05, 3.63) is 52.9 Å². The molecular weight excluding hydrogens is 310 g/mol. The first kappa shape index (κ1) is 15.7. The molecule has 0 unspecified atom stereocenters. The van der Waals surface area contributed by atoms with Gasteiger partial charge in [0.1, 0.15) is 10.3 Å². The lowest BCUT2D eigenvalue weighted by Crippen LogP contribution is -2.33. The molecule has 0 spiro atoms. The van der Waals surface area contributed by atoms with Crippen LogP contribution in [0.25, 0.3) is 0 Å². The van der Waals surface area contributed by atoms with Crippen molar-refractivity contribution in [3.8, 4) is 0 Å². The zero-order chi connectivity index (χ0) is 15.5. The van der Waals surface area contributed by atoms with Crippen LogP contribution in [0.5, 0.6) is 0 Å². The van der Waals surface area contributed by atoms with Gasteiger partial charge in [0.25, 0.3) is 10.0 Å². The molecule has 2 N–H and O–H groups in total. The van der Waals surface area contributed by atoms with E-state index in [1.807, 2.05) is 6.92 Å². The highest BCUT2D eigenvalue weighted by molar-refractivity contribution is 7.91. The fraction of sp³-hybridized carbons (Fsp3) is 0.214. The molecule has 0 saturated heterocycles. The van der Waals surface area contributed by atoms with Gasteiger partial charge in [-0.05, 0) is 24.1 Å².